The first-order valence-electron chi connectivity index (χ1n) is 4.25. The number of rotatable bonds is 5. The second-order valence-electron chi connectivity index (χ2n) is 3.26. The van der Waals surface area contributed by atoms with Crippen molar-refractivity contribution in [2.45, 2.75) is 26.3 Å². The van der Waals surface area contributed by atoms with E-state index in [9.17, 15) is 14.4 Å². The van der Waals surface area contributed by atoms with Crippen LogP contribution in [-0.2, 0) is 23.9 Å². The van der Waals surface area contributed by atoms with Crippen molar-refractivity contribution in [1.29, 1.82) is 0 Å². The van der Waals surface area contributed by atoms with Crippen molar-refractivity contribution in [3.8, 4) is 0 Å². The zero-order chi connectivity index (χ0) is 11.9. The fraction of sp³-hybridized carbons (Fsp3) is 0.667. The number of hydrogen-bond donors (Lipinski definition) is 0. The maximum Gasteiger partial charge on any atom is 0.302 e. The Balaban J connectivity index is 4.37. The van der Waals surface area contributed by atoms with Gasteiger partial charge in [-0.25, -0.2) is 4.79 Å². The average Bonchev–Trinajstić information content (AvgIpc) is 2.13. The molecule has 0 radical (unpaired) electrons. The lowest BCUT2D eigenvalue weighted by Crippen LogP contribution is -2.35. The SMILES string of the molecule is CC(=O)OCC(C)(COC(C)=O)N=C=O. The minimum absolute atomic E-state index is 0.134. The zero-order valence-electron chi connectivity index (χ0n) is 8.90. The molecule has 0 aromatic heterocycles. The molecule has 0 bridgehead atoms. The van der Waals surface area contributed by atoms with Gasteiger partial charge < -0.3 is 9.47 Å². The molecule has 0 heterocycles. The van der Waals surface area contributed by atoms with Crippen LogP contribution in [-0.4, -0.2) is 36.8 Å². The topological polar surface area (TPSA) is 82.0 Å². The molecule has 0 aliphatic heterocycles. The van der Waals surface area contributed by atoms with Crippen molar-refractivity contribution >= 4 is 18.0 Å². The fourth-order valence-electron chi connectivity index (χ4n) is 0.731. The molecule has 0 rings (SSSR count). The van der Waals surface area contributed by atoms with E-state index >= 15 is 0 Å². The summed E-state index contributed by atoms with van der Waals surface area (Å²) in [7, 11) is 0. The van der Waals surface area contributed by atoms with Crippen molar-refractivity contribution in [2.24, 2.45) is 4.99 Å². The number of carbonyl (C=O) groups is 2. The minimum atomic E-state index is -1.07. The second kappa shape index (κ2) is 5.93. The molecule has 0 N–H and O–H groups in total. The highest BCUT2D eigenvalue weighted by molar-refractivity contribution is 5.66. The van der Waals surface area contributed by atoms with Gasteiger partial charge in [-0.1, -0.05) is 0 Å². The zero-order valence-corrected chi connectivity index (χ0v) is 8.90. The molecule has 15 heavy (non-hydrogen) atoms. The largest absolute Gasteiger partial charge is 0.463 e. The molecule has 0 saturated carbocycles. The normalized spacial score (nSPS) is 10.1. The van der Waals surface area contributed by atoms with Crippen LogP contribution in [0.25, 0.3) is 0 Å². The summed E-state index contributed by atoms with van der Waals surface area (Å²) < 4.78 is 9.38. The lowest BCUT2D eigenvalue weighted by molar-refractivity contribution is -0.146. The minimum Gasteiger partial charge on any atom is -0.463 e. The van der Waals surface area contributed by atoms with E-state index < -0.39 is 17.5 Å². The third-order valence-corrected chi connectivity index (χ3v) is 1.49. The molecule has 0 fully saturated rings. The van der Waals surface area contributed by atoms with Gasteiger partial charge in [0, 0.05) is 13.8 Å². The fourth-order valence-corrected chi connectivity index (χ4v) is 0.731. The van der Waals surface area contributed by atoms with Gasteiger partial charge in [0.15, 0.2) is 0 Å². The third kappa shape index (κ3) is 6.40. The summed E-state index contributed by atoms with van der Waals surface area (Å²) in [5.41, 5.74) is -1.07. The molecule has 0 atom stereocenters. The molecule has 0 aromatic carbocycles. The Kier molecular flexibility index (Phi) is 5.26. The summed E-state index contributed by atoms with van der Waals surface area (Å²) >= 11 is 0. The Hall–Kier alpha value is -1.68. The van der Waals surface area contributed by atoms with Gasteiger partial charge in [0.25, 0.3) is 0 Å². The number of carbonyl (C=O) groups excluding carboxylic acids is 3. The molecular formula is C9H13NO5. The molecule has 0 aliphatic carbocycles. The van der Waals surface area contributed by atoms with Gasteiger partial charge in [-0.2, -0.15) is 4.99 Å². The van der Waals surface area contributed by atoms with E-state index in [1.54, 1.807) is 0 Å². The summed E-state index contributed by atoms with van der Waals surface area (Å²) in [6.07, 6.45) is 1.35. The molecule has 84 valence electrons. The van der Waals surface area contributed by atoms with Crippen LogP contribution in [0, 0.1) is 0 Å². The molecule has 0 aliphatic rings. The first-order chi connectivity index (χ1) is 6.89. The summed E-state index contributed by atoms with van der Waals surface area (Å²) in [5, 5.41) is 0. The molecule has 0 spiro atoms. The Morgan fingerprint density at radius 3 is 1.87 bits per heavy atom. The van der Waals surface area contributed by atoms with Crippen LogP contribution in [0.5, 0.6) is 0 Å². The monoisotopic (exact) mass is 215 g/mol. The van der Waals surface area contributed by atoms with E-state index in [0.717, 1.165) is 0 Å². The summed E-state index contributed by atoms with van der Waals surface area (Å²) in [6, 6.07) is 0. The lowest BCUT2D eigenvalue weighted by Gasteiger charge is -2.21. The summed E-state index contributed by atoms with van der Waals surface area (Å²) in [4.78, 5) is 34.7. The van der Waals surface area contributed by atoms with Gasteiger partial charge in [-0.05, 0) is 6.92 Å². The van der Waals surface area contributed by atoms with Crippen molar-refractivity contribution in [3.05, 3.63) is 0 Å². The lowest BCUT2D eigenvalue weighted by atomic mass is 10.1. The van der Waals surface area contributed by atoms with Gasteiger partial charge in [0.1, 0.15) is 18.8 Å². The van der Waals surface area contributed by atoms with E-state index in [-0.39, 0.29) is 13.2 Å². The van der Waals surface area contributed by atoms with Gasteiger partial charge >= 0.3 is 11.9 Å². The Morgan fingerprint density at radius 1 is 1.20 bits per heavy atom. The highest BCUT2D eigenvalue weighted by atomic mass is 16.5. The first-order valence-corrected chi connectivity index (χ1v) is 4.25. The number of nitrogens with zero attached hydrogens (tertiary/aromatic N) is 1. The van der Waals surface area contributed by atoms with Gasteiger partial charge in [0.05, 0.1) is 0 Å². The van der Waals surface area contributed by atoms with Gasteiger partial charge in [-0.3, -0.25) is 9.59 Å². The number of hydrogen-bond acceptors (Lipinski definition) is 6. The Bertz CT molecular complexity index is 275. The van der Waals surface area contributed by atoms with Crippen molar-refractivity contribution < 1.29 is 23.9 Å². The van der Waals surface area contributed by atoms with Gasteiger partial charge in [-0.15, -0.1) is 0 Å². The molecule has 0 saturated heterocycles. The molecule has 6 heteroatoms. The van der Waals surface area contributed by atoms with Crippen LogP contribution in [0.15, 0.2) is 4.99 Å². The highest BCUT2D eigenvalue weighted by Crippen LogP contribution is 2.11. The molecule has 0 amide bonds. The second-order valence-corrected chi connectivity index (χ2v) is 3.26. The van der Waals surface area contributed by atoms with Crippen molar-refractivity contribution in [1.82, 2.24) is 0 Å². The standard InChI is InChI=1S/C9H13NO5/c1-7(12)14-4-9(3,10-6-11)5-15-8(2)13/h4-5H2,1-3H3. The third-order valence-electron chi connectivity index (χ3n) is 1.49. The molecule has 6 nitrogen and oxygen atoms in total. The summed E-state index contributed by atoms with van der Waals surface area (Å²) in [5.74, 6) is -0.990. The Morgan fingerprint density at radius 2 is 1.60 bits per heavy atom. The van der Waals surface area contributed by atoms with Gasteiger partial charge in [0.2, 0.25) is 6.08 Å². The predicted molar refractivity (Wildman–Crippen MR) is 49.8 cm³/mol. The highest BCUT2D eigenvalue weighted by Gasteiger charge is 2.27. The van der Waals surface area contributed by atoms with Crippen LogP contribution in [0.1, 0.15) is 20.8 Å². The number of ether oxygens (including phenoxy) is 2. The van der Waals surface area contributed by atoms with E-state index in [1.807, 2.05) is 0 Å². The quantitative estimate of drug-likeness (QED) is 0.372. The van der Waals surface area contributed by atoms with Crippen molar-refractivity contribution in [2.75, 3.05) is 13.2 Å². The maximum absolute atomic E-state index is 10.6. The Labute approximate surface area is 87.3 Å². The summed E-state index contributed by atoms with van der Waals surface area (Å²) in [6.45, 7) is 3.72. The smallest absolute Gasteiger partial charge is 0.302 e. The first kappa shape index (κ1) is 13.3. The van der Waals surface area contributed by atoms with Crippen LogP contribution in [0.2, 0.25) is 0 Å². The van der Waals surface area contributed by atoms with Crippen LogP contribution in [0.4, 0.5) is 0 Å². The average molecular weight is 215 g/mol. The molecular weight excluding hydrogens is 202 g/mol. The van der Waals surface area contributed by atoms with Crippen LogP contribution >= 0.6 is 0 Å². The van der Waals surface area contributed by atoms with E-state index in [0.29, 0.717) is 0 Å². The van der Waals surface area contributed by atoms with E-state index in [4.69, 9.17) is 0 Å². The molecule has 0 aromatic rings. The van der Waals surface area contributed by atoms with Crippen molar-refractivity contribution in [3.63, 3.8) is 0 Å². The predicted octanol–water partition coefficient (Wildman–Crippen LogP) is 0.207. The van der Waals surface area contributed by atoms with E-state index in [1.165, 1.54) is 26.9 Å². The van der Waals surface area contributed by atoms with Crippen LogP contribution < -0.4 is 0 Å². The number of isocyanates is 1. The number of aliphatic imine (C=N–C) groups is 1. The van der Waals surface area contributed by atoms with Crippen LogP contribution in [0.3, 0.4) is 0 Å². The number of esters is 2. The van der Waals surface area contributed by atoms with E-state index in [2.05, 4.69) is 14.5 Å². The maximum atomic E-state index is 10.6. The molecule has 0 unspecified atom stereocenters.